The number of nitrogens with zero attached hydrogens (tertiary/aromatic N) is 4. The Hall–Kier alpha value is -2.87. The summed E-state index contributed by atoms with van der Waals surface area (Å²) in [4.78, 5) is 20.0. The molecule has 2 rings (SSSR count). The number of nitriles is 1. The van der Waals surface area contributed by atoms with Crippen molar-refractivity contribution in [2.75, 3.05) is 25.5 Å². The average molecular weight is 322 g/mol. The molecular weight excluding hydrogens is 300 g/mol. The highest BCUT2D eigenvalue weighted by Gasteiger charge is 2.11. The van der Waals surface area contributed by atoms with Crippen LogP contribution in [0.3, 0.4) is 0 Å². The third-order valence-corrected chi connectivity index (χ3v) is 3.87. The summed E-state index contributed by atoms with van der Waals surface area (Å²) < 4.78 is 0. The topological polar surface area (TPSA) is 60.2 Å². The molecule has 5 nitrogen and oxygen atoms in total. The third kappa shape index (κ3) is 3.90. The van der Waals surface area contributed by atoms with E-state index in [0.29, 0.717) is 17.8 Å². The van der Waals surface area contributed by atoms with Crippen LogP contribution in [-0.2, 0) is 6.54 Å². The molecule has 0 fully saturated rings. The molecule has 0 radical (unpaired) electrons. The lowest BCUT2D eigenvalue weighted by atomic mass is 10.1. The first kappa shape index (κ1) is 17.5. The van der Waals surface area contributed by atoms with Crippen LogP contribution in [0.5, 0.6) is 0 Å². The summed E-state index contributed by atoms with van der Waals surface area (Å²) >= 11 is 0. The quantitative estimate of drug-likeness (QED) is 0.849. The zero-order valence-corrected chi connectivity index (χ0v) is 14.6. The molecule has 0 aliphatic heterocycles. The Morgan fingerprint density at radius 2 is 1.83 bits per heavy atom. The maximum atomic E-state index is 11.9. The van der Waals surface area contributed by atoms with E-state index in [1.54, 1.807) is 19.0 Å². The molecule has 1 amide bonds. The molecule has 0 N–H and O–H groups in total. The monoisotopic (exact) mass is 322 g/mol. The zero-order valence-electron chi connectivity index (χ0n) is 14.6. The van der Waals surface area contributed by atoms with Crippen molar-refractivity contribution in [2.45, 2.75) is 20.4 Å². The van der Waals surface area contributed by atoms with Gasteiger partial charge in [-0.05, 0) is 43.2 Å². The van der Waals surface area contributed by atoms with Crippen LogP contribution in [0.2, 0.25) is 0 Å². The highest BCUT2D eigenvalue weighted by atomic mass is 16.2. The first-order chi connectivity index (χ1) is 11.5. The zero-order chi connectivity index (χ0) is 17.7. The van der Waals surface area contributed by atoms with Crippen molar-refractivity contribution in [1.29, 1.82) is 5.26 Å². The highest BCUT2D eigenvalue weighted by molar-refractivity contribution is 5.93. The molecule has 5 heteroatoms. The van der Waals surface area contributed by atoms with Crippen molar-refractivity contribution in [3.63, 3.8) is 0 Å². The lowest BCUT2D eigenvalue weighted by Crippen LogP contribution is -2.24. The molecule has 0 spiro atoms. The van der Waals surface area contributed by atoms with Crippen LogP contribution in [0.15, 0.2) is 36.4 Å². The van der Waals surface area contributed by atoms with E-state index in [1.165, 1.54) is 0 Å². The summed E-state index contributed by atoms with van der Waals surface area (Å²) in [5.74, 6) is 0.779. The van der Waals surface area contributed by atoms with Crippen molar-refractivity contribution in [1.82, 2.24) is 9.88 Å². The minimum atomic E-state index is -0.00670. The first-order valence-electron chi connectivity index (χ1n) is 7.89. The standard InChI is InChI=1S/C19H22N4O/c1-5-23(18-11-6-14(2)17(12-20)21-18)13-15-7-9-16(10-8-15)19(24)22(3)4/h6-11H,5,13H2,1-4H3. The van der Waals surface area contributed by atoms with Crippen molar-refractivity contribution in [2.24, 2.45) is 0 Å². The van der Waals surface area contributed by atoms with E-state index in [1.807, 2.05) is 43.3 Å². The van der Waals surface area contributed by atoms with Crippen LogP contribution in [0.4, 0.5) is 5.82 Å². The SMILES string of the molecule is CCN(Cc1ccc(C(=O)N(C)C)cc1)c1ccc(C)c(C#N)n1. The Kier molecular flexibility index (Phi) is 5.54. The number of anilines is 1. The molecule has 2 aromatic rings. The summed E-state index contributed by atoms with van der Waals surface area (Å²) in [5.41, 5.74) is 3.10. The number of hydrogen-bond acceptors (Lipinski definition) is 4. The third-order valence-electron chi connectivity index (χ3n) is 3.87. The largest absolute Gasteiger partial charge is 0.353 e. The Morgan fingerprint density at radius 3 is 2.38 bits per heavy atom. The van der Waals surface area contributed by atoms with E-state index in [-0.39, 0.29) is 5.91 Å². The van der Waals surface area contributed by atoms with E-state index < -0.39 is 0 Å². The van der Waals surface area contributed by atoms with Crippen molar-refractivity contribution in [3.05, 3.63) is 58.8 Å². The fraction of sp³-hybridized carbons (Fsp3) is 0.316. The number of rotatable bonds is 5. The van der Waals surface area contributed by atoms with E-state index in [9.17, 15) is 4.79 Å². The van der Waals surface area contributed by atoms with Gasteiger partial charge in [-0.3, -0.25) is 4.79 Å². The van der Waals surface area contributed by atoms with E-state index >= 15 is 0 Å². The van der Waals surface area contributed by atoms with Gasteiger partial charge in [0.25, 0.3) is 5.91 Å². The normalized spacial score (nSPS) is 10.1. The molecule has 1 aromatic carbocycles. The molecule has 24 heavy (non-hydrogen) atoms. The Labute approximate surface area is 143 Å². The maximum absolute atomic E-state index is 11.9. The Morgan fingerprint density at radius 1 is 1.17 bits per heavy atom. The predicted octanol–water partition coefficient (Wildman–Crippen LogP) is 2.99. The van der Waals surface area contributed by atoms with E-state index in [2.05, 4.69) is 22.9 Å². The van der Waals surface area contributed by atoms with Crippen LogP contribution >= 0.6 is 0 Å². The number of carbonyl (C=O) groups is 1. The van der Waals surface area contributed by atoms with E-state index in [4.69, 9.17) is 5.26 Å². The lowest BCUT2D eigenvalue weighted by Gasteiger charge is -2.22. The second-order valence-corrected chi connectivity index (χ2v) is 5.86. The van der Waals surface area contributed by atoms with Crippen molar-refractivity contribution < 1.29 is 4.79 Å². The van der Waals surface area contributed by atoms with Gasteiger partial charge in [-0.1, -0.05) is 18.2 Å². The van der Waals surface area contributed by atoms with Gasteiger partial charge in [0.1, 0.15) is 17.6 Å². The Bertz CT molecular complexity index is 760. The molecule has 0 saturated carbocycles. The van der Waals surface area contributed by atoms with Gasteiger partial charge in [0.2, 0.25) is 0 Å². The predicted molar refractivity (Wildman–Crippen MR) is 94.9 cm³/mol. The van der Waals surface area contributed by atoms with Gasteiger partial charge in [0.05, 0.1) is 0 Å². The van der Waals surface area contributed by atoms with Crippen LogP contribution in [-0.4, -0.2) is 36.4 Å². The number of amides is 1. The van der Waals surface area contributed by atoms with Gasteiger partial charge in [-0.2, -0.15) is 5.26 Å². The van der Waals surface area contributed by atoms with Crippen LogP contribution < -0.4 is 4.90 Å². The van der Waals surface area contributed by atoms with Crippen molar-refractivity contribution in [3.8, 4) is 6.07 Å². The molecular formula is C19H22N4O. The summed E-state index contributed by atoms with van der Waals surface area (Å²) in [5, 5.41) is 9.15. The second-order valence-electron chi connectivity index (χ2n) is 5.86. The van der Waals surface area contributed by atoms with Gasteiger partial charge in [-0.25, -0.2) is 4.98 Å². The van der Waals surface area contributed by atoms with Crippen LogP contribution in [0, 0.1) is 18.3 Å². The fourth-order valence-electron chi connectivity index (χ4n) is 2.39. The number of aromatic nitrogens is 1. The summed E-state index contributed by atoms with van der Waals surface area (Å²) in [7, 11) is 3.48. The number of aryl methyl sites for hydroxylation is 1. The maximum Gasteiger partial charge on any atom is 0.253 e. The number of carbonyl (C=O) groups excluding carboxylic acids is 1. The van der Waals surface area contributed by atoms with Crippen LogP contribution in [0.25, 0.3) is 0 Å². The minimum absolute atomic E-state index is 0.00670. The molecule has 1 heterocycles. The molecule has 0 aliphatic rings. The first-order valence-corrected chi connectivity index (χ1v) is 7.89. The van der Waals surface area contributed by atoms with Gasteiger partial charge in [0.15, 0.2) is 0 Å². The van der Waals surface area contributed by atoms with Crippen LogP contribution in [0.1, 0.15) is 34.1 Å². The molecule has 124 valence electrons. The highest BCUT2D eigenvalue weighted by Crippen LogP contribution is 2.17. The fourth-order valence-corrected chi connectivity index (χ4v) is 2.39. The smallest absolute Gasteiger partial charge is 0.253 e. The molecule has 0 saturated heterocycles. The van der Waals surface area contributed by atoms with E-state index in [0.717, 1.165) is 23.5 Å². The summed E-state index contributed by atoms with van der Waals surface area (Å²) in [6.45, 7) is 5.39. The van der Waals surface area contributed by atoms with Gasteiger partial charge in [0, 0.05) is 32.7 Å². The summed E-state index contributed by atoms with van der Waals surface area (Å²) in [6.07, 6.45) is 0. The van der Waals surface area contributed by atoms with Gasteiger partial charge < -0.3 is 9.80 Å². The van der Waals surface area contributed by atoms with Crippen molar-refractivity contribution >= 4 is 11.7 Å². The van der Waals surface area contributed by atoms with Gasteiger partial charge in [-0.15, -0.1) is 0 Å². The molecule has 0 bridgehead atoms. The average Bonchev–Trinajstić information content (AvgIpc) is 2.60. The number of pyridine rings is 1. The molecule has 0 aliphatic carbocycles. The lowest BCUT2D eigenvalue weighted by molar-refractivity contribution is 0.0827. The minimum Gasteiger partial charge on any atom is -0.353 e. The number of benzene rings is 1. The molecule has 0 unspecified atom stereocenters. The molecule has 1 aromatic heterocycles. The van der Waals surface area contributed by atoms with Gasteiger partial charge >= 0.3 is 0 Å². The Balaban J connectivity index is 2.19. The second kappa shape index (κ2) is 7.60. The summed E-state index contributed by atoms with van der Waals surface area (Å²) in [6, 6.07) is 13.6. The number of hydrogen-bond donors (Lipinski definition) is 0. The molecule has 0 atom stereocenters.